The molecule has 3 aromatic carbocycles. The van der Waals surface area contributed by atoms with E-state index < -0.39 is 0 Å². The van der Waals surface area contributed by atoms with Crippen molar-refractivity contribution in [2.75, 3.05) is 11.1 Å². The van der Waals surface area contributed by atoms with Gasteiger partial charge in [-0.2, -0.15) is 0 Å². The summed E-state index contributed by atoms with van der Waals surface area (Å²) in [6, 6.07) is 24.5. The lowest BCUT2D eigenvalue weighted by Crippen LogP contribution is -2.12. The Morgan fingerprint density at radius 1 is 0.880 bits per heavy atom. The number of anilines is 2. The van der Waals surface area contributed by atoms with Crippen LogP contribution < -0.4 is 15.8 Å². The van der Waals surface area contributed by atoms with Crippen LogP contribution in [0.5, 0.6) is 11.5 Å². The molecule has 1 amide bonds. The number of carbonyl (C=O) groups excluding carboxylic acids is 1. The third kappa shape index (κ3) is 5.11. The van der Waals surface area contributed by atoms with Crippen LogP contribution in [0.25, 0.3) is 0 Å². The minimum atomic E-state index is -0.0286. The average molecular weight is 332 g/mol. The molecule has 0 saturated carbocycles. The van der Waals surface area contributed by atoms with E-state index in [-0.39, 0.29) is 5.91 Å². The van der Waals surface area contributed by atoms with E-state index in [2.05, 4.69) is 5.32 Å². The van der Waals surface area contributed by atoms with Crippen molar-refractivity contribution in [3.8, 4) is 11.5 Å². The summed E-state index contributed by atoms with van der Waals surface area (Å²) < 4.78 is 5.82. The van der Waals surface area contributed by atoms with Crippen LogP contribution in [0.15, 0.2) is 78.9 Å². The molecule has 0 spiro atoms. The van der Waals surface area contributed by atoms with Crippen LogP contribution in [0.2, 0.25) is 0 Å². The van der Waals surface area contributed by atoms with E-state index in [1.807, 2.05) is 54.6 Å². The van der Waals surface area contributed by atoms with Gasteiger partial charge in [0, 0.05) is 17.8 Å². The molecule has 0 heterocycles. The number of benzene rings is 3. The Kier molecular flexibility index (Phi) is 5.32. The fourth-order valence-corrected chi connectivity index (χ4v) is 2.44. The number of rotatable bonds is 6. The van der Waals surface area contributed by atoms with Crippen molar-refractivity contribution < 1.29 is 9.53 Å². The molecule has 0 unspecified atom stereocenters. The molecule has 3 N–H and O–H groups in total. The molecule has 126 valence electrons. The SMILES string of the molecule is Nc1ccc(NC(=O)CCc2cccc(Oc3ccccc3)c2)cc1. The number of aryl methyl sites for hydroxylation is 1. The number of hydrogen-bond acceptors (Lipinski definition) is 3. The molecule has 3 rings (SSSR count). The van der Waals surface area contributed by atoms with Crippen molar-refractivity contribution in [2.45, 2.75) is 12.8 Å². The molecule has 0 bridgehead atoms. The van der Waals surface area contributed by atoms with Crippen molar-refractivity contribution >= 4 is 17.3 Å². The summed E-state index contributed by atoms with van der Waals surface area (Å²) in [4.78, 5) is 12.1. The van der Waals surface area contributed by atoms with E-state index in [0.29, 0.717) is 18.5 Å². The minimum absolute atomic E-state index is 0.0286. The van der Waals surface area contributed by atoms with Crippen molar-refractivity contribution in [1.29, 1.82) is 0 Å². The van der Waals surface area contributed by atoms with E-state index in [1.54, 1.807) is 24.3 Å². The van der Waals surface area contributed by atoms with Crippen LogP contribution >= 0.6 is 0 Å². The second-order valence-corrected chi connectivity index (χ2v) is 5.73. The lowest BCUT2D eigenvalue weighted by Gasteiger charge is -2.08. The number of nitrogen functional groups attached to an aromatic ring is 1. The van der Waals surface area contributed by atoms with Crippen LogP contribution in [0.4, 0.5) is 11.4 Å². The Labute approximate surface area is 147 Å². The molecule has 3 aromatic rings. The maximum absolute atomic E-state index is 12.1. The zero-order chi connectivity index (χ0) is 17.5. The highest BCUT2D eigenvalue weighted by Gasteiger charge is 2.05. The third-order valence-electron chi connectivity index (χ3n) is 3.71. The van der Waals surface area contributed by atoms with E-state index in [0.717, 1.165) is 22.7 Å². The second kappa shape index (κ2) is 8.02. The number of carbonyl (C=O) groups is 1. The Balaban J connectivity index is 1.55. The van der Waals surface area contributed by atoms with Gasteiger partial charge in [-0.1, -0.05) is 30.3 Å². The number of amides is 1. The van der Waals surface area contributed by atoms with Crippen LogP contribution in [-0.4, -0.2) is 5.91 Å². The van der Waals surface area contributed by atoms with Crippen LogP contribution in [0.1, 0.15) is 12.0 Å². The van der Waals surface area contributed by atoms with Gasteiger partial charge >= 0.3 is 0 Å². The van der Waals surface area contributed by atoms with Crippen molar-refractivity contribution in [3.05, 3.63) is 84.4 Å². The molecular formula is C21H20N2O2. The quantitative estimate of drug-likeness (QED) is 0.647. The third-order valence-corrected chi connectivity index (χ3v) is 3.71. The van der Waals surface area contributed by atoms with Gasteiger partial charge in [0.1, 0.15) is 11.5 Å². The zero-order valence-electron chi connectivity index (χ0n) is 13.8. The lowest BCUT2D eigenvalue weighted by molar-refractivity contribution is -0.116. The van der Waals surface area contributed by atoms with Crippen molar-refractivity contribution in [1.82, 2.24) is 0 Å². The van der Waals surface area contributed by atoms with Gasteiger partial charge in [-0.25, -0.2) is 0 Å². The standard InChI is InChI=1S/C21H20N2O2/c22-17-10-12-18(13-11-17)23-21(24)14-9-16-5-4-8-20(15-16)25-19-6-2-1-3-7-19/h1-8,10-13,15H,9,14,22H2,(H,23,24). The first kappa shape index (κ1) is 16.6. The molecule has 4 nitrogen and oxygen atoms in total. The number of nitrogens with two attached hydrogens (primary N) is 1. The van der Waals surface area contributed by atoms with Crippen molar-refractivity contribution in [2.24, 2.45) is 0 Å². The maximum atomic E-state index is 12.1. The highest BCUT2D eigenvalue weighted by Crippen LogP contribution is 2.22. The van der Waals surface area contributed by atoms with E-state index in [9.17, 15) is 4.79 Å². The number of nitrogens with one attached hydrogen (secondary N) is 1. The van der Waals surface area contributed by atoms with Gasteiger partial charge in [0.15, 0.2) is 0 Å². The Bertz CT molecular complexity index is 830. The van der Waals surface area contributed by atoms with Gasteiger partial charge in [-0.15, -0.1) is 0 Å². The van der Waals surface area contributed by atoms with Crippen LogP contribution in [0.3, 0.4) is 0 Å². The molecule has 4 heteroatoms. The fraction of sp³-hybridized carbons (Fsp3) is 0.0952. The van der Waals surface area contributed by atoms with Gasteiger partial charge in [0.25, 0.3) is 0 Å². The van der Waals surface area contributed by atoms with Crippen LogP contribution in [-0.2, 0) is 11.2 Å². The van der Waals surface area contributed by atoms with E-state index >= 15 is 0 Å². The molecule has 0 saturated heterocycles. The number of hydrogen-bond donors (Lipinski definition) is 2. The first-order valence-corrected chi connectivity index (χ1v) is 8.16. The Hall–Kier alpha value is -3.27. The molecule has 0 aliphatic rings. The Morgan fingerprint density at radius 2 is 1.60 bits per heavy atom. The molecule has 0 aliphatic carbocycles. The average Bonchev–Trinajstić information content (AvgIpc) is 2.63. The Morgan fingerprint density at radius 3 is 2.36 bits per heavy atom. The smallest absolute Gasteiger partial charge is 0.224 e. The second-order valence-electron chi connectivity index (χ2n) is 5.73. The predicted molar refractivity (Wildman–Crippen MR) is 101 cm³/mol. The summed E-state index contributed by atoms with van der Waals surface area (Å²) in [6.45, 7) is 0. The van der Waals surface area contributed by atoms with Gasteiger partial charge in [-0.05, 0) is 60.5 Å². The first-order chi connectivity index (χ1) is 12.2. The van der Waals surface area contributed by atoms with E-state index in [4.69, 9.17) is 10.5 Å². The molecule has 0 fully saturated rings. The molecule has 0 radical (unpaired) electrons. The topological polar surface area (TPSA) is 64.3 Å². The molecule has 25 heavy (non-hydrogen) atoms. The predicted octanol–water partition coefficient (Wildman–Crippen LogP) is 4.63. The molecule has 0 aromatic heterocycles. The van der Waals surface area contributed by atoms with E-state index in [1.165, 1.54) is 0 Å². The normalized spacial score (nSPS) is 10.2. The number of para-hydroxylation sites is 1. The first-order valence-electron chi connectivity index (χ1n) is 8.16. The summed E-state index contributed by atoms with van der Waals surface area (Å²) in [7, 11) is 0. The monoisotopic (exact) mass is 332 g/mol. The van der Waals surface area contributed by atoms with Gasteiger partial charge in [0.05, 0.1) is 0 Å². The maximum Gasteiger partial charge on any atom is 0.224 e. The summed E-state index contributed by atoms with van der Waals surface area (Å²) in [5, 5.41) is 2.87. The highest BCUT2D eigenvalue weighted by atomic mass is 16.5. The summed E-state index contributed by atoms with van der Waals surface area (Å²) in [6.07, 6.45) is 1.05. The fourth-order valence-electron chi connectivity index (χ4n) is 2.44. The minimum Gasteiger partial charge on any atom is -0.457 e. The summed E-state index contributed by atoms with van der Waals surface area (Å²) in [5.41, 5.74) is 8.12. The van der Waals surface area contributed by atoms with Crippen molar-refractivity contribution in [3.63, 3.8) is 0 Å². The largest absolute Gasteiger partial charge is 0.457 e. The molecular weight excluding hydrogens is 312 g/mol. The summed E-state index contributed by atoms with van der Waals surface area (Å²) >= 11 is 0. The van der Waals surface area contributed by atoms with Gasteiger partial charge in [-0.3, -0.25) is 4.79 Å². The number of ether oxygens (including phenoxy) is 1. The molecule has 0 atom stereocenters. The van der Waals surface area contributed by atoms with Gasteiger partial charge in [0.2, 0.25) is 5.91 Å². The molecule has 0 aliphatic heterocycles. The zero-order valence-corrected chi connectivity index (χ0v) is 13.8. The highest BCUT2D eigenvalue weighted by molar-refractivity contribution is 5.90. The summed E-state index contributed by atoms with van der Waals surface area (Å²) in [5.74, 6) is 1.53. The van der Waals surface area contributed by atoms with Crippen LogP contribution in [0, 0.1) is 0 Å². The van der Waals surface area contributed by atoms with Gasteiger partial charge < -0.3 is 15.8 Å². The lowest BCUT2D eigenvalue weighted by atomic mass is 10.1.